The molecule has 0 aromatic rings. The Labute approximate surface area is 95.4 Å². The minimum atomic E-state index is 0.787. The summed E-state index contributed by atoms with van der Waals surface area (Å²) in [5.41, 5.74) is 0. The third kappa shape index (κ3) is 6.91. The van der Waals surface area contributed by atoms with Gasteiger partial charge in [0.25, 0.3) is 0 Å². The van der Waals surface area contributed by atoms with Crippen LogP contribution in [0.5, 0.6) is 0 Å². The van der Waals surface area contributed by atoms with E-state index < -0.39 is 0 Å². The fourth-order valence-electron chi connectivity index (χ4n) is 2.16. The van der Waals surface area contributed by atoms with Crippen molar-refractivity contribution in [3.8, 4) is 0 Å². The zero-order valence-electron chi connectivity index (χ0n) is 10.6. The van der Waals surface area contributed by atoms with Crippen LogP contribution in [0.1, 0.15) is 46.0 Å². The molecule has 1 rings (SSSR count). The predicted octanol–water partition coefficient (Wildman–Crippen LogP) is 2.50. The van der Waals surface area contributed by atoms with Gasteiger partial charge in [-0.3, -0.25) is 0 Å². The molecule has 2 heteroatoms. The lowest BCUT2D eigenvalue weighted by Gasteiger charge is -2.14. The first-order chi connectivity index (χ1) is 7.29. The molecule has 0 bridgehead atoms. The zero-order chi connectivity index (χ0) is 10.9. The highest BCUT2D eigenvalue weighted by molar-refractivity contribution is 4.65. The third-order valence-corrected chi connectivity index (χ3v) is 3.08. The van der Waals surface area contributed by atoms with Gasteiger partial charge in [0.2, 0.25) is 0 Å². The van der Waals surface area contributed by atoms with Crippen molar-refractivity contribution in [3.05, 3.63) is 0 Å². The summed E-state index contributed by atoms with van der Waals surface area (Å²) in [7, 11) is 0. The van der Waals surface area contributed by atoms with Crippen LogP contribution in [0.25, 0.3) is 0 Å². The summed E-state index contributed by atoms with van der Waals surface area (Å²) in [6.45, 7) is 11.0. The molecule has 2 nitrogen and oxygen atoms in total. The van der Waals surface area contributed by atoms with Gasteiger partial charge in [-0.2, -0.15) is 0 Å². The first-order valence-electron chi connectivity index (χ1n) is 6.72. The average molecular weight is 212 g/mol. The molecule has 0 radical (unpaired) electrons. The van der Waals surface area contributed by atoms with Crippen molar-refractivity contribution in [2.24, 2.45) is 5.92 Å². The van der Waals surface area contributed by atoms with Gasteiger partial charge in [-0.05, 0) is 64.3 Å². The second kappa shape index (κ2) is 8.12. The van der Waals surface area contributed by atoms with Crippen LogP contribution in [-0.2, 0) is 0 Å². The van der Waals surface area contributed by atoms with Crippen molar-refractivity contribution >= 4 is 0 Å². The highest BCUT2D eigenvalue weighted by atomic mass is 15.1. The standard InChI is InChI=1S/C13H28N2/c1-13(2)12-14-8-4-3-5-9-15-10-6-7-11-15/h13-14H,3-12H2,1-2H3. The van der Waals surface area contributed by atoms with Crippen LogP contribution >= 0.6 is 0 Å². The molecule has 1 N–H and O–H groups in total. The van der Waals surface area contributed by atoms with Crippen LogP contribution in [0, 0.1) is 5.92 Å². The van der Waals surface area contributed by atoms with E-state index in [0.717, 1.165) is 5.92 Å². The lowest BCUT2D eigenvalue weighted by molar-refractivity contribution is 0.328. The normalized spacial score (nSPS) is 17.8. The van der Waals surface area contributed by atoms with E-state index >= 15 is 0 Å². The molecule has 0 spiro atoms. The molecule has 0 atom stereocenters. The third-order valence-electron chi connectivity index (χ3n) is 3.08. The van der Waals surface area contributed by atoms with E-state index in [4.69, 9.17) is 0 Å². The van der Waals surface area contributed by atoms with Crippen LogP contribution in [0.3, 0.4) is 0 Å². The number of rotatable bonds is 8. The van der Waals surface area contributed by atoms with Crippen molar-refractivity contribution in [3.63, 3.8) is 0 Å². The lowest BCUT2D eigenvalue weighted by Crippen LogP contribution is -2.22. The highest BCUT2D eigenvalue weighted by Gasteiger charge is 2.09. The number of likely N-dealkylation sites (tertiary alicyclic amines) is 1. The maximum atomic E-state index is 3.50. The Hall–Kier alpha value is -0.0800. The smallest absolute Gasteiger partial charge is 0.00183 e. The Balaban J connectivity index is 1.76. The molecular weight excluding hydrogens is 184 g/mol. The lowest BCUT2D eigenvalue weighted by atomic mass is 10.2. The summed E-state index contributed by atoms with van der Waals surface area (Å²) in [4.78, 5) is 2.61. The number of hydrogen-bond donors (Lipinski definition) is 1. The number of hydrogen-bond acceptors (Lipinski definition) is 2. The fraction of sp³-hybridized carbons (Fsp3) is 1.00. The Morgan fingerprint density at radius 3 is 2.47 bits per heavy atom. The molecule has 1 saturated heterocycles. The monoisotopic (exact) mass is 212 g/mol. The molecular formula is C13H28N2. The number of nitrogens with zero attached hydrogens (tertiary/aromatic N) is 1. The number of unbranched alkanes of at least 4 members (excludes halogenated alkanes) is 2. The Morgan fingerprint density at radius 2 is 1.80 bits per heavy atom. The SMILES string of the molecule is CC(C)CNCCCCCN1CCCC1. The summed E-state index contributed by atoms with van der Waals surface area (Å²) < 4.78 is 0. The van der Waals surface area contributed by atoms with Gasteiger partial charge in [0, 0.05) is 0 Å². The molecule has 1 fully saturated rings. The van der Waals surface area contributed by atoms with Crippen LogP contribution in [-0.4, -0.2) is 37.6 Å². The van der Waals surface area contributed by atoms with Gasteiger partial charge in [0.1, 0.15) is 0 Å². The highest BCUT2D eigenvalue weighted by Crippen LogP contribution is 2.08. The van der Waals surface area contributed by atoms with Gasteiger partial charge >= 0.3 is 0 Å². The maximum absolute atomic E-state index is 3.50. The summed E-state index contributed by atoms with van der Waals surface area (Å²) in [5.74, 6) is 0.787. The first-order valence-corrected chi connectivity index (χ1v) is 6.72. The maximum Gasteiger partial charge on any atom is -0.00183 e. The van der Waals surface area contributed by atoms with Crippen molar-refractivity contribution in [1.82, 2.24) is 10.2 Å². The topological polar surface area (TPSA) is 15.3 Å². The Morgan fingerprint density at radius 1 is 1.07 bits per heavy atom. The van der Waals surface area contributed by atoms with E-state index in [1.54, 1.807) is 0 Å². The van der Waals surface area contributed by atoms with Gasteiger partial charge in [0.15, 0.2) is 0 Å². The fourth-order valence-corrected chi connectivity index (χ4v) is 2.16. The van der Waals surface area contributed by atoms with E-state index in [1.165, 1.54) is 64.8 Å². The van der Waals surface area contributed by atoms with Gasteiger partial charge in [-0.25, -0.2) is 0 Å². The minimum absolute atomic E-state index is 0.787. The molecule has 90 valence electrons. The quantitative estimate of drug-likeness (QED) is 0.622. The molecule has 1 heterocycles. The molecule has 0 saturated carbocycles. The molecule has 1 aliphatic rings. The molecule has 0 amide bonds. The minimum Gasteiger partial charge on any atom is -0.316 e. The van der Waals surface area contributed by atoms with Crippen molar-refractivity contribution in [2.45, 2.75) is 46.0 Å². The Kier molecular flexibility index (Phi) is 7.03. The van der Waals surface area contributed by atoms with Crippen LogP contribution in [0.15, 0.2) is 0 Å². The van der Waals surface area contributed by atoms with Crippen molar-refractivity contribution < 1.29 is 0 Å². The van der Waals surface area contributed by atoms with E-state index in [2.05, 4.69) is 24.1 Å². The Bertz CT molecular complexity index is 139. The molecule has 0 aliphatic carbocycles. The second-order valence-corrected chi connectivity index (χ2v) is 5.21. The molecule has 0 unspecified atom stereocenters. The van der Waals surface area contributed by atoms with E-state index in [0.29, 0.717) is 0 Å². The van der Waals surface area contributed by atoms with Crippen LogP contribution in [0.4, 0.5) is 0 Å². The predicted molar refractivity (Wildman–Crippen MR) is 67.2 cm³/mol. The van der Waals surface area contributed by atoms with Crippen LogP contribution in [0.2, 0.25) is 0 Å². The summed E-state index contributed by atoms with van der Waals surface area (Å²) >= 11 is 0. The van der Waals surface area contributed by atoms with Gasteiger partial charge in [-0.1, -0.05) is 20.3 Å². The average Bonchev–Trinajstić information content (AvgIpc) is 2.68. The summed E-state index contributed by atoms with van der Waals surface area (Å²) in [6.07, 6.45) is 6.98. The second-order valence-electron chi connectivity index (χ2n) is 5.21. The van der Waals surface area contributed by atoms with E-state index in [-0.39, 0.29) is 0 Å². The zero-order valence-corrected chi connectivity index (χ0v) is 10.6. The van der Waals surface area contributed by atoms with Crippen LogP contribution < -0.4 is 5.32 Å². The van der Waals surface area contributed by atoms with Gasteiger partial charge < -0.3 is 10.2 Å². The largest absolute Gasteiger partial charge is 0.316 e. The summed E-state index contributed by atoms with van der Waals surface area (Å²) in [5, 5.41) is 3.50. The van der Waals surface area contributed by atoms with Crippen molar-refractivity contribution in [2.75, 3.05) is 32.7 Å². The number of nitrogens with one attached hydrogen (secondary N) is 1. The van der Waals surface area contributed by atoms with E-state index in [9.17, 15) is 0 Å². The molecule has 1 aliphatic heterocycles. The van der Waals surface area contributed by atoms with E-state index in [1.807, 2.05) is 0 Å². The molecule has 0 aromatic carbocycles. The first kappa shape index (κ1) is 13.0. The summed E-state index contributed by atoms with van der Waals surface area (Å²) in [6, 6.07) is 0. The molecule has 15 heavy (non-hydrogen) atoms. The van der Waals surface area contributed by atoms with Gasteiger partial charge in [0.05, 0.1) is 0 Å². The van der Waals surface area contributed by atoms with Crippen molar-refractivity contribution in [1.29, 1.82) is 0 Å². The van der Waals surface area contributed by atoms with Gasteiger partial charge in [-0.15, -0.1) is 0 Å². The molecule has 0 aromatic heterocycles.